The fourth-order valence-corrected chi connectivity index (χ4v) is 2.36. The van der Waals surface area contributed by atoms with Crippen molar-refractivity contribution in [3.8, 4) is 0 Å². The zero-order chi connectivity index (χ0) is 15.0. The molecule has 4 nitrogen and oxygen atoms in total. The average Bonchev–Trinajstić information content (AvgIpc) is 2.47. The first-order chi connectivity index (χ1) is 10.1. The molecule has 0 aliphatic carbocycles. The van der Waals surface area contributed by atoms with Crippen LogP contribution >= 0.6 is 23.2 Å². The molecule has 106 valence electrons. The van der Waals surface area contributed by atoms with Crippen LogP contribution in [0.2, 0.25) is 10.0 Å². The van der Waals surface area contributed by atoms with Gasteiger partial charge in [0.1, 0.15) is 18.0 Å². The number of nitrogens with two attached hydrogens (primary N) is 1. The highest BCUT2D eigenvalue weighted by molar-refractivity contribution is 6.39. The molecule has 3 aromatic rings. The summed E-state index contributed by atoms with van der Waals surface area (Å²) in [6, 6.07) is 7.71. The third-order valence-corrected chi connectivity index (χ3v) is 3.65. The standard InChI is InChI=1S/C14H9Cl2FN4/c15-8-5-7(1-2-9(8)17)21-14-12-11(19-6-20-14)4-3-10(18)13(12)16/h1-6H,18H2,(H,19,20,21). The van der Waals surface area contributed by atoms with Crippen LogP contribution in [0.3, 0.4) is 0 Å². The van der Waals surface area contributed by atoms with Gasteiger partial charge in [-0.1, -0.05) is 23.2 Å². The highest BCUT2D eigenvalue weighted by atomic mass is 35.5. The van der Waals surface area contributed by atoms with Gasteiger partial charge in [0.2, 0.25) is 0 Å². The number of anilines is 3. The lowest BCUT2D eigenvalue weighted by molar-refractivity contribution is 0.628. The number of nitrogens with zero attached hydrogens (tertiary/aromatic N) is 2. The van der Waals surface area contributed by atoms with E-state index in [0.29, 0.717) is 33.1 Å². The van der Waals surface area contributed by atoms with Crippen LogP contribution in [0.4, 0.5) is 21.6 Å². The molecule has 0 aliphatic rings. The Balaban J connectivity index is 2.12. The summed E-state index contributed by atoms with van der Waals surface area (Å²) in [6.45, 7) is 0. The first-order valence-corrected chi connectivity index (χ1v) is 6.72. The lowest BCUT2D eigenvalue weighted by Gasteiger charge is -2.11. The number of fused-ring (bicyclic) bond motifs is 1. The molecule has 1 aromatic heterocycles. The summed E-state index contributed by atoms with van der Waals surface area (Å²) in [5.74, 6) is -0.0167. The molecule has 3 rings (SSSR count). The highest BCUT2D eigenvalue weighted by Crippen LogP contribution is 2.33. The minimum atomic E-state index is -0.489. The van der Waals surface area contributed by atoms with Crippen molar-refractivity contribution in [1.82, 2.24) is 9.97 Å². The molecular weight excluding hydrogens is 314 g/mol. The van der Waals surface area contributed by atoms with Gasteiger partial charge in [0.05, 0.1) is 26.6 Å². The molecule has 2 aromatic carbocycles. The van der Waals surface area contributed by atoms with E-state index in [1.807, 2.05) is 0 Å². The number of rotatable bonds is 2. The monoisotopic (exact) mass is 322 g/mol. The van der Waals surface area contributed by atoms with Crippen molar-refractivity contribution in [2.24, 2.45) is 0 Å². The van der Waals surface area contributed by atoms with Gasteiger partial charge in [-0.3, -0.25) is 0 Å². The largest absolute Gasteiger partial charge is 0.398 e. The number of nitrogens with one attached hydrogen (secondary N) is 1. The fraction of sp³-hybridized carbons (Fsp3) is 0. The van der Waals surface area contributed by atoms with E-state index in [4.69, 9.17) is 28.9 Å². The fourth-order valence-electron chi connectivity index (χ4n) is 1.93. The van der Waals surface area contributed by atoms with Crippen LogP contribution in [0, 0.1) is 5.82 Å². The van der Waals surface area contributed by atoms with Crippen LogP contribution in [0.25, 0.3) is 10.9 Å². The van der Waals surface area contributed by atoms with Gasteiger partial charge >= 0.3 is 0 Å². The number of halogens is 3. The summed E-state index contributed by atoms with van der Waals surface area (Å²) in [4.78, 5) is 8.30. The van der Waals surface area contributed by atoms with Crippen molar-refractivity contribution in [1.29, 1.82) is 0 Å². The number of hydrogen-bond acceptors (Lipinski definition) is 4. The molecular formula is C14H9Cl2FN4. The molecule has 1 heterocycles. The van der Waals surface area contributed by atoms with Crippen molar-refractivity contribution in [3.05, 3.63) is 52.5 Å². The summed E-state index contributed by atoms with van der Waals surface area (Å²) < 4.78 is 13.2. The summed E-state index contributed by atoms with van der Waals surface area (Å²) in [5, 5.41) is 4.02. The van der Waals surface area contributed by atoms with E-state index in [-0.39, 0.29) is 5.02 Å². The van der Waals surface area contributed by atoms with Gasteiger partial charge in [-0.25, -0.2) is 14.4 Å². The summed E-state index contributed by atoms with van der Waals surface area (Å²) in [7, 11) is 0. The van der Waals surface area contributed by atoms with E-state index in [1.54, 1.807) is 18.2 Å². The zero-order valence-corrected chi connectivity index (χ0v) is 12.1. The maximum atomic E-state index is 13.2. The second-order valence-electron chi connectivity index (χ2n) is 4.34. The lowest BCUT2D eigenvalue weighted by atomic mass is 10.2. The van der Waals surface area contributed by atoms with Crippen LogP contribution in [-0.2, 0) is 0 Å². The van der Waals surface area contributed by atoms with E-state index in [9.17, 15) is 4.39 Å². The van der Waals surface area contributed by atoms with Crippen molar-refractivity contribution < 1.29 is 4.39 Å². The van der Waals surface area contributed by atoms with Gasteiger partial charge in [0.15, 0.2) is 0 Å². The van der Waals surface area contributed by atoms with Crippen LogP contribution in [-0.4, -0.2) is 9.97 Å². The first kappa shape index (κ1) is 13.9. The van der Waals surface area contributed by atoms with Gasteiger partial charge in [-0.15, -0.1) is 0 Å². The molecule has 0 atom stereocenters. The zero-order valence-electron chi connectivity index (χ0n) is 10.6. The number of aromatic nitrogens is 2. The summed E-state index contributed by atoms with van der Waals surface area (Å²) >= 11 is 12.0. The molecule has 0 saturated carbocycles. The predicted molar refractivity (Wildman–Crippen MR) is 83.7 cm³/mol. The Morgan fingerprint density at radius 2 is 1.90 bits per heavy atom. The molecule has 0 bridgehead atoms. The minimum absolute atomic E-state index is 0.0176. The molecule has 0 fully saturated rings. The molecule has 7 heteroatoms. The van der Waals surface area contributed by atoms with Crippen LogP contribution in [0.1, 0.15) is 0 Å². The predicted octanol–water partition coefficient (Wildman–Crippen LogP) is 4.40. The van der Waals surface area contributed by atoms with E-state index >= 15 is 0 Å². The van der Waals surface area contributed by atoms with Crippen LogP contribution in [0.15, 0.2) is 36.7 Å². The van der Waals surface area contributed by atoms with Gasteiger partial charge < -0.3 is 11.1 Å². The van der Waals surface area contributed by atoms with Crippen molar-refractivity contribution in [3.63, 3.8) is 0 Å². The topological polar surface area (TPSA) is 63.8 Å². The van der Waals surface area contributed by atoms with Crippen LogP contribution in [0.5, 0.6) is 0 Å². The van der Waals surface area contributed by atoms with Crippen LogP contribution < -0.4 is 11.1 Å². The second-order valence-corrected chi connectivity index (χ2v) is 5.12. The molecule has 0 spiro atoms. The maximum Gasteiger partial charge on any atom is 0.143 e. The Hall–Kier alpha value is -2.11. The normalized spacial score (nSPS) is 10.8. The Labute approximate surface area is 129 Å². The summed E-state index contributed by atoms with van der Waals surface area (Å²) in [6.07, 6.45) is 1.41. The van der Waals surface area contributed by atoms with Gasteiger partial charge in [-0.05, 0) is 30.3 Å². The van der Waals surface area contributed by atoms with Gasteiger partial charge in [0.25, 0.3) is 0 Å². The Morgan fingerprint density at radius 3 is 2.67 bits per heavy atom. The molecule has 0 unspecified atom stereocenters. The average molecular weight is 323 g/mol. The molecule has 21 heavy (non-hydrogen) atoms. The Bertz CT molecular complexity index is 839. The quantitative estimate of drug-likeness (QED) is 0.686. The molecule has 0 aliphatic heterocycles. The van der Waals surface area contributed by atoms with Crippen molar-refractivity contribution >= 4 is 51.3 Å². The van der Waals surface area contributed by atoms with Crippen molar-refractivity contribution in [2.75, 3.05) is 11.1 Å². The number of hydrogen-bond donors (Lipinski definition) is 2. The maximum absolute atomic E-state index is 13.2. The molecule has 3 N–H and O–H groups in total. The number of benzene rings is 2. The number of nitrogen functional groups attached to an aromatic ring is 1. The SMILES string of the molecule is Nc1ccc2ncnc(Nc3ccc(F)c(Cl)c3)c2c1Cl. The minimum Gasteiger partial charge on any atom is -0.398 e. The van der Waals surface area contributed by atoms with E-state index < -0.39 is 5.82 Å². The third-order valence-electron chi connectivity index (χ3n) is 2.95. The molecule has 0 amide bonds. The first-order valence-electron chi connectivity index (χ1n) is 5.97. The van der Waals surface area contributed by atoms with Gasteiger partial charge in [-0.2, -0.15) is 0 Å². The summed E-state index contributed by atoms with van der Waals surface area (Å²) in [5.41, 5.74) is 7.47. The van der Waals surface area contributed by atoms with E-state index in [0.717, 1.165) is 0 Å². The van der Waals surface area contributed by atoms with Crippen molar-refractivity contribution in [2.45, 2.75) is 0 Å². The second kappa shape index (κ2) is 5.35. The third kappa shape index (κ3) is 2.57. The lowest BCUT2D eigenvalue weighted by Crippen LogP contribution is -1.98. The molecule has 0 saturated heterocycles. The Kier molecular flexibility index (Phi) is 3.53. The van der Waals surface area contributed by atoms with Gasteiger partial charge in [0, 0.05) is 5.69 Å². The smallest absolute Gasteiger partial charge is 0.143 e. The molecule has 0 radical (unpaired) electrons. The van der Waals surface area contributed by atoms with E-state index in [2.05, 4.69) is 15.3 Å². The highest BCUT2D eigenvalue weighted by Gasteiger charge is 2.11. The van der Waals surface area contributed by atoms with E-state index in [1.165, 1.54) is 18.5 Å². The Morgan fingerprint density at radius 1 is 1.10 bits per heavy atom.